The van der Waals surface area contributed by atoms with Crippen molar-refractivity contribution in [3.8, 4) is 0 Å². The second kappa shape index (κ2) is 9.61. The van der Waals surface area contributed by atoms with E-state index in [9.17, 15) is 13.2 Å². The van der Waals surface area contributed by atoms with Gasteiger partial charge in [-0.05, 0) is 12.8 Å². The molecule has 0 aromatic rings. The summed E-state index contributed by atoms with van der Waals surface area (Å²) in [4.78, 5) is 4.72. The van der Waals surface area contributed by atoms with Crippen LogP contribution in [0.15, 0.2) is 0 Å². The smallest absolute Gasteiger partial charge is 0.372 e. The predicted octanol–water partition coefficient (Wildman–Crippen LogP) is 1.70. The highest BCUT2D eigenvalue weighted by Gasteiger charge is 2.27. The van der Waals surface area contributed by atoms with Gasteiger partial charge in [0.2, 0.25) is 0 Å². The fourth-order valence-corrected chi connectivity index (χ4v) is 2.71. The molecule has 4 nitrogen and oxygen atoms in total. The Balaban J connectivity index is 2.10. The summed E-state index contributed by atoms with van der Waals surface area (Å²) in [6.45, 7) is 6.58. The molecule has 1 fully saturated rings. The van der Waals surface area contributed by atoms with Gasteiger partial charge < -0.3 is 15.4 Å². The third-order valence-corrected chi connectivity index (χ3v) is 3.85. The zero-order chi connectivity index (χ0) is 15.7. The Kier molecular flexibility index (Phi) is 8.55. The van der Waals surface area contributed by atoms with Crippen LogP contribution >= 0.6 is 0 Å². The first kappa shape index (κ1) is 18.7. The Morgan fingerprint density at radius 2 is 1.86 bits per heavy atom. The molecule has 0 bridgehead atoms. The second-order valence-electron chi connectivity index (χ2n) is 5.58. The molecule has 0 aromatic heterocycles. The maximum Gasteiger partial charge on any atom is 0.411 e. The zero-order valence-corrected chi connectivity index (χ0v) is 12.9. The van der Waals surface area contributed by atoms with Gasteiger partial charge in [0.25, 0.3) is 0 Å². The molecule has 0 amide bonds. The highest BCUT2D eigenvalue weighted by molar-refractivity contribution is 4.79. The van der Waals surface area contributed by atoms with Crippen molar-refractivity contribution >= 4 is 0 Å². The lowest BCUT2D eigenvalue weighted by molar-refractivity contribution is -0.174. The Morgan fingerprint density at radius 3 is 2.38 bits per heavy atom. The number of halogens is 3. The summed E-state index contributed by atoms with van der Waals surface area (Å²) >= 11 is 0. The number of hydrogen-bond acceptors (Lipinski definition) is 4. The lowest BCUT2D eigenvalue weighted by Gasteiger charge is -2.39. The summed E-state index contributed by atoms with van der Waals surface area (Å²) < 4.78 is 40.3. The molecule has 0 spiro atoms. The number of rotatable bonds is 9. The summed E-state index contributed by atoms with van der Waals surface area (Å²) in [6, 6.07) is 0.465. The monoisotopic (exact) mass is 311 g/mol. The van der Waals surface area contributed by atoms with Crippen molar-refractivity contribution < 1.29 is 17.9 Å². The normalized spacial score (nSPS) is 19.9. The highest BCUT2D eigenvalue weighted by atomic mass is 19.4. The highest BCUT2D eigenvalue weighted by Crippen LogP contribution is 2.14. The molecule has 1 unspecified atom stereocenters. The van der Waals surface area contributed by atoms with E-state index < -0.39 is 12.8 Å². The SMILES string of the molecule is CCCC(CN)N1CCN(CCCOCC(F)(F)F)CC1. The maximum atomic E-state index is 11.9. The van der Waals surface area contributed by atoms with Crippen LogP contribution in [0.25, 0.3) is 0 Å². The fraction of sp³-hybridized carbons (Fsp3) is 1.00. The Hall–Kier alpha value is -0.370. The van der Waals surface area contributed by atoms with Crippen molar-refractivity contribution in [2.24, 2.45) is 5.73 Å². The third kappa shape index (κ3) is 7.99. The van der Waals surface area contributed by atoms with E-state index in [0.29, 0.717) is 19.0 Å². The van der Waals surface area contributed by atoms with E-state index in [-0.39, 0.29) is 6.61 Å². The Labute approximate surface area is 125 Å². The van der Waals surface area contributed by atoms with E-state index in [1.54, 1.807) is 0 Å². The number of hydrogen-bond donors (Lipinski definition) is 1. The topological polar surface area (TPSA) is 41.7 Å². The third-order valence-electron chi connectivity index (χ3n) is 3.85. The van der Waals surface area contributed by atoms with Crippen LogP contribution in [0.3, 0.4) is 0 Å². The summed E-state index contributed by atoms with van der Waals surface area (Å²) in [7, 11) is 0. The molecular formula is C14H28F3N3O. The molecular weight excluding hydrogens is 283 g/mol. The summed E-state index contributed by atoms with van der Waals surface area (Å²) in [5.74, 6) is 0. The average Bonchev–Trinajstić information content (AvgIpc) is 2.44. The van der Waals surface area contributed by atoms with E-state index in [4.69, 9.17) is 5.73 Å². The summed E-state index contributed by atoms with van der Waals surface area (Å²) in [5.41, 5.74) is 5.81. The van der Waals surface area contributed by atoms with Crippen LogP contribution in [0.4, 0.5) is 13.2 Å². The first-order valence-corrected chi connectivity index (χ1v) is 7.77. The van der Waals surface area contributed by atoms with E-state index >= 15 is 0 Å². The van der Waals surface area contributed by atoms with Gasteiger partial charge in [-0.25, -0.2) is 0 Å². The summed E-state index contributed by atoms with van der Waals surface area (Å²) in [6.07, 6.45) is -1.31. The predicted molar refractivity (Wildman–Crippen MR) is 77.3 cm³/mol. The Morgan fingerprint density at radius 1 is 1.19 bits per heavy atom. The van der Waals surface area contributed by atoms with Crippen LogP contribution in [0.1, 0.15) is 26.2 Å². The lowest BCUT2D eigenvalue weighted by atomic mass is 10.1. The van der Waals surface area contributed by atoms with Gasteiger partial charge in [0, 0.05) is 51.9 Å². The van der Waals surface area contributed by atoms with Gasteiger partial charge in [-0.2, -0.15) is 13.2 Å². The molecule has 21 heavy (non-hydrogen) atoms. The standard InChI is InChI=1S/C14H28F3N3O/c1-2-4-13(11-18)20-8-6-19(7-9-20)5-3-10-21-12-14(15,16)17/h13H,2-12,18H2,1H3. The molecule has 0 radical (unpaired) electrons. The van der Waals surface area contributed by atoms with Crippen molar-refractivity contribution in [2.75, 3.05) is 52.5 Å². The molecule has 0 aromatic carbocycles. The lowest BCUT2D eigenvalue weighted by Crippen LogP contribution is -2.52. The van der Waals surface area contributed by atoms with Crippen LogP contribution < -0.4 is 5.73 Å². The second-order valence-corrected chi connectivity index (χ2v) is 5.58. The number of ether oxygens (including phenoxy) is 1. The van der Waals surface area contributed by atoms with E-state index in [2.05, 4.69) is 21.5 Å². The van der Waals surface area contributed by atoms with Crippen molar-refractivity contribution in [1.82, 2.24) is 9.80 Å². The molecule has 0 aliphatic carbocycles. The molecule has 1 saturated heterocycles. The van der Waals surface area contributed by atoms with E-state index in [0.717, 1.165) is 45.6 Å². The summed E-state index contributed by atoms with van der Waals surface area (Å²) in [5, 5.41) is 0. The van der Waals surface area contributed by atoms with E-state index in [1.165, 1.54) is 0 Å². The van der Waals surface area contributed by atoms with Crippen molar-refractivity contribution in [3.05, 3.63) is 0 Å². The van der Waals surface area contributed by atoms with Crippen LogP contribution in [0, 0.1) is 0 Å². The van der Waals surface area contributed by atoms with E-state index in [1.807, 2.05) is 0 Å². The van der Waals surface area contributed by atoms with Crippen LogP contribution in [0.2, 0.25) is 0 Å². The van der Waals surface area contributed by atoms with Crippen molar-refractivity contribution in [3.63, 3.8) is 0 Å². The van der Waals surface area contributed by atoms with Crippen molar-refractivity contribution in [1.29, 1.82) is 0 Å². The molecule has 126 valence electrons. The van der Waals surface area contributed by atoms with Gasteiger partial charge in [-0.1, -0.05) is 13.3 Å². The Bertz CT molecular complexity index is 269. The van der Waals surface area contributed by atoms with Gasteiger partial charge in [0.15, 0.2) is 0 Å². The first-order chi connectivity index (χ1) is 9.96. The van der Waals surface area contributed by atoms with Gasteiger partial charge in [0.1, 0.15) is 6.61 Å². The minimum absolute atomic E-state index is 0.168. The molecule has 1 heterocycles. The molecule has 0 saturated carbocycles. The van der Waals surface area contributed by atoms with Crippen LogP contribution in [-0.2, 0) is 4.74 Å². The molecule has 1 rings (SSSR count). The minimum atomic E-state index is -4.22. The quantitative estimate of drug-likeness (QED) is 0.658. The minimum Gasteiger partial charge on any atom is -0.372 e. The number of piperazine rings is 1. The molecule has 7 heteroatoms. The number of alkyl halides is 3. The van der Waals surface area contributed by atoms with Gasteiger partial charge in [-0.3, -0.25) is 4.90 Å². The fourth-order valence-electron chi connectivity index (χ4n) is 2.71. The van der Waals surface area contributed by atoms with Crippen molar-refractivity contribution in [2.45, 2.75) is 38.4 Å². The number of nitrogens with two attached hydrogens (primary N) is 1. The zero-order valence-electron chi connectivity index (χ0n) is 12.9. The van der Waals surface area contributed by atoms with Gasteiger partial charge in [-0.15, -0.1) is 0 Å². The first-order valence-electron chi connectivity index (χ1n) is 7.77. The average molecular weight is 311 g/mol. The van der Waals surface area contributed by atoms with Gasteiger partial charge >= 0.3 is 6.18 Å². The van der Waals surface area contributed by atoms with Gasteiger partial charge in [0.05, 0.1) is 0 Å². The molecule has 2 N–H and O–H groups in total. The molecule has 1 aliphatic heterocycles. The maximum absolute atomic E-state index is 11.9. The van der Waals surface area contributed by atoms with Crippen LogP contribution in [0.5, 0.6) is 0 Å². The molecule has 1 atom stereocenters. The largest absolute Gasteiger partial charge is 0.411 e. The molecule has 1 aliphatic rings. The van der Waals surface area contributed by atoms with Crippen LogP contribution in [-0.4, -0.2) is 74.5 Å². The number of nitrogens with zero attached hydrogens (tertiary/aromatic N) is 2.